The van der Waals surface area contributed by atoms with Gasteiger partial charge in [-0.2, -0.15) is 0 Å². The molecular formula is C17H24N2O2. The number of carbonyl (C=O) groups excluding carboxylic acids is 1. The molecule has 1 amide bonds. The smallest absolute Gasteiger partial charge is 0.228 e. The van der Waals surface area contributed by atoms with E-state index in [0.29, 0.717) is 12.2 Å². The quantitative estimate of drug-likeness (QED) is 0.758. The van der Waals surface area contributed by atoms with Crippen LogP contribution in [0.4, 0.5) is 5.82 Å². The van der Waals surface area contributed by atoms with Crippen molar-refractivity contribution in [2.75, 3.05) is 11.9 Å². The number of unbranched alkanes of at least 4 members (excludes halogenated alkanes) is 1. The lowest BCUT2D eigenvalue weighted by atomic mass is 9.98. The number of nitrogens with one attached hydrogen (secondary N) is 1. The summed E-state index contributed by atoms with van der Waals surface area (Å²) < 4.78 is 0. The SMILES string of the molecule is CCCCC(CC)C(=O)Nc1cc(C#CCCO)ccn1. The molecule has 4 heteroatoms. The largest absolute Gasteiger partial charge is 0.395 e. The normalized spacial score (nSPS) is 11.4. The van der Waals surface area contributed by atoms with E-state index in [9.17, 15) is 4.79 Å². The van der Waals surface area contributed by atoms with Crippen molar-refractivity contribution in [1.82, 2.24) is 4.98 Å². The third-order valence-electron chi connectivity index (χ3n) is 3.25. The fraction of sp³-hybridized carbons (Fsp3) is 0.529. The third kappa shape index (κ3) is 6.42. The zero-order valence-corrected chi connectivity index (χ0v) is 12.9. The number of amides is 1. The molecule has 114 valence electrons. The summed E-state index contributed by atoms with van der Waals surface area (Å²) in [6.45, 7) is 4.21. The molecule has 2 N–H and O–H groups in total. The van der Waals surface area contributed by atoms with E-state index in [1.54, 1.807) is 18.3 Å². The van der Waals surface area contributed by atoms with Crippen LogP contribution in [0.25, 0.3) is 0 Å². The summed E-state index contributed by atoms with van der Waals surface area (Å²) in [5.41, 5.74) is 0.787. The molecule has 1 unspecified atom stereocenters. The molecule has 1 heterocycles. The molecule has 4 nitrogen and oxygen atoms in total. The average Bonchev–Trinajstić information content (AvgIpc) is 2.49. The Hall–Kier alpha value is -1.86. The van der Waals surface area contributed by atoms with Crippen LogP contribution in [0.1, 0.15) is 51.5 Å². The average molecular weight is 288 g/mol. The Morgan fingerprint density at radius 1 is 1.48 bits per heavy atom. The maximum atomic E-state index is 12.2. The lowest BCUT2D eigenvalue weighted by Crippen LogP contribution is -2.22. The van der Waals surface area contributed by atoms with Gasteiger partial charge in [0.15, 0.2) is 0 Å². The maximum absolute atomic E-state index is 12.2. The third-order valence-corrected chi connectivity index (χ3v) is 3.25. The van der Waals surface area contributed by atoms with E-state index in [1.807, 2.05) is 6.92 Å². The number of carbonyl (C=O) groups is 1. The zero-order valence-electron chi connectivity index (χ0n) is 12.9. The van der Waals surface area contributed by atoms with E-state index in [0.717, 1.165) is 31.2 Å². The predicted molar refractivity (Wildman–Crippen MR) is 84.8 cm³/mol. The summed E-state index contributed by atoms with van der Waals surface area (Å²) in [5.74, 6) is 6.39. The van der Waals surface area contributed by atoms with E-state index >= 15 is 0 Å². The molecule has 0 fully saturated rings. The van der Waals surface area contributed by atoms with Gasteiger partial charge in [0.2, 0.25) is 5.91 Å². The number of nitrogens with zero attached hydrogens (tertiary/aromatic N) is 1. The second-order valence-electron chi connectivity index (χ2n) is 4.94. The summed E-state index contributed by atoms with van der Waals surface area (Å²) >= 11 is 0. The van der Waals surface area contributed by atoms with Crippen molar-refractivity contribution in [3.8, 4) is 11.8 Å². The van der Waals surface area contributed by atoms with Gasteiger partial charge in [-0.25, -0.2) is 4.98 Å². The molecule has 0 spiro atoms. The lowest BCUT2D eigenvalue weighted by Gasteiger charge is -2.14. The standard InChI is InChI=1S/C17H24N2O2/c1-3-5-9-15(4-2)17(21)19-16-13-14(10-11-18-16)8-6-7-12-20/h10-11,13,15,20H,3-5,7,9,12H2,1-2H3,(H,18,19,21). The molecule has 0 aromatic carbocycles. The highest BCUT2D eigenvalue weighted by Crippen LogP contribution is 2.15. The number of aromatic nitrogens is 1. The van der Waals surface area contributed by atoms with Crippen molar-refractivity contribution in [1.29, 1.82) is 0 Å². The van der Waals surface area contributed by atoms with Gasteiger partial charge >= 0.3 is 0 Å². The maximum Gasteiger partial charge on any atom is 0.228 e. The van der Waals surface area contributed by atoms with Crippen LogP contribution in [0.5, 0.6) is 0 Å². The first kappa shape index (κ1) is 17.2. The van der Waals surface area contributed by atoms with E-state index < -0.39 is 0 Å². The van der Waals surface area contributed by atoms with Gasteiger partial charge < -0.3 is 10.4 Å². The van der Waals surface area contributed by atoms with Gasteiger partial charge in [-0.15, -0.1) is 0 Å². The summed E-state index contributed by atoms with van der Waals surface area (Å²) in [4.78, 5) is 16.4. The first-order valence-corrected chi connectivity index (χ1v) is 7.57. The molecule has 1 rings (SSSR count). The Kier molecular flexibility index (Phi) is 8.15. The van der Waals surface area contributed by atoms with Gasteiger partial charge in [0.25, 0.3) is 0 Å². The Morgan fingerprint density at radius 3 is 2.95 bits per heavy atom. The van der Waals surface area contributed by atoms with Crippen molar-refractivity contribution in [3.05, 3.63) is 23.9 Å². The van der Waals surface area contributed by atoms with Crippen molar-refractivity contribution in [2.45, 2.75) is 46.0 Å². The molecule has 1 atom stereocenters. The van der Waals surface area contributed by atoms with Crippen LogP contribution in [0.2, 0.25) is 0 Å². The molecule has 0 aliphatic rings. The first-order valence-electron chi connectivity index (χ1n) is 7.57. The van der Waals surface area contributed by atoms with Gasteiger partial charge in [0.1, 0.15) is 5.82 Å². The molecule has 0 bridgehead atoms. The van der Waals surface area contributed by atoms with Gasteiger partial charge in [-0.1, -0.05) is 38.5 Å². The molecular weight excluding hydrogens is 264 g/mol. The summed E-state index contributed by atoms with van der Waals surface area (Å²) in [7, 11) is 0. The van der Waals surface area contributed by atoms with Gasteiger partial charge in [0, 0.05) is 24.1 Å². The lowest BCUT2D eigenvalue weighted by molar-refractivity contribution is -0.120. The Bertz CT molecular complexity index is 503. The first-order chi connectivity index (χ1) is 10.2. The van der Waals surface area contributed by atoms with Crippen LogP contribution < -0.4 is 5.32 Å². The van der Waals surface area contributed by atoms with E-state index in [-0.39, 0.29) is 18.4 Å². The van der Waals surface area contributed by atoms with Crippen molar-refractivity contribution < 1.29 is 9.90 Å². The second-order valence-corrected chi connectivity index (χ2v) is 4.94. The van der Waals surface area contributed by atoms with Crippen molar-refractivity contribution in [2.24, 2.45) is 5.92 Å². The Balaban J connectivity index is 2.67. The topological polar surface area (TPSA) is 62.2 Å². The minimum atomic E-state index is 0.0268. The van der Waals surface area contributed by atoms with Gasteiger partial charge in [-0.3, -0.25) is 4.79 Å². The van der Waals surface area contributed by atoms with Crippen LogP contribution in [-0.4, -0.2) is 22.6 Å². The highest BCUT2D eigenvalue weighted by atomic mass is 16.2. The highest BCUT2D eigenvalue weighted by Gasteiger charge is 2.16. The number of hydrogen-bond donors (Lipinski definition) is 2. The van der Waals surface area contributed by atoms with Crippen LogP contribution in [0.15, 0.2) is 18.3 Å². The summed E-state index contributed by atoms with van der Waals surface area (Å²) in [6, 6.07) is 3.54. The molecule has 0 radical (unpaired) electrons. The molecule has 1 aromatic rings. The number of aliphatic hydroxyl groups excluding tert-OH is 1. The van der Waals surface area contributed by atoms with Gasteiger partial charge in [-0.05, 0) is 25.0 Å². The predicted octanol–water partition coefficient (Wildman–Crippen LogP) is 2.97. The molecule has 0 aliphatic heterocycles. The van der Waals surface area contributed by atoms with E-state index in [1.165, 1.54) is 0 Å². The minimum Gasteiger partial charge on any atom is -0.395 e. The summed E-state index contributed by atoms with van der Waals surface area (Å²) in [5, 5.41) is 11.6. The van der Waals surface area contributed by atoms with Crippen LogP contribution in [0, 0.1) is 17.8 Å². The fourth-order valence-corrected chi connectivity index (χ4v) is 2.00. The number of rotatable bonds is 7. The number of anilines is 1. The Morgan fingerprint density at radius 2 is 2.29 bits per heavy atom. The van der Waals surface area contributed by atoms with E-state index in [4.69, 9.17) is 5.11 Å². The van der Waals surface area contributed by atoms with Crippen LogP contribution in [-0.2, 0) is 4.79 Å². The molecule has 0 aliphatic carbocycles. The fourth-order valence-electron chi connectivity index (χ4n) is 2.00. The van der Waals surface area contributed by atoms with Crippen molar-refractivity contribution >= 4 is 11.7 Å². The zero-order chi connectivity index (χ0) is 15.5. The number of pyridine rings is 1. The molecule has 0 saturated heterocycles. The summed E-state index contributed by atoms with van der Waals surface area (Å²) in [6.07, 6.45) is 5.98. The van der Waals surface area contributed by atoms with Crippen LogP contribution in [0.3, 0.4) is 0 Å². The molecule has 21 heavy (non-hydrogen) atoms. The van der Waals surface area contributed by atoms with Crippen molar-refractivity contribution in [3.63, 3.8) is 0 Å². The van der Waals surface area contributed by atoms with E-state index in [2.05, 4.69) is 29.1 Å². The highest BCUT2D eigenvalue weighted by molar-refractivity contribution is 5.91. The van der Waals surface area contributed by atoms with Gasteiger partial charge in [0.05, 0.1) is 6.61 Å². The number of hydrogen-bond acceptors (Lipinski definition) is 3. The monoisotopic (exact) mass is 288 g/mol. The molecule has 1 aromatic heterocycles. The molecule has 0 saturated carbocycles. The van der Waals surface area contributed by atoms with Crippen LogP contribution >= 0.6 is 0 Å². The second kappa shape index (κ2) is 9.95. The number of aliphatic hydroxyl groups is 1. The minimum absolute atomic E-state index is 0.0268. The Labute approximate surface area is 127 Å².